The van der Waals surface area contributed by atoms with Crippen molar-refractivity contribution in [3.63, 3.8) is 0 Å². The van der Waals surface area contributed by atoms with E-state index in [0.717, 1.165) is 16.7 Å². The van der Waals surface area contributed by atoms with Crippen molar-refractivity contribution in [2.45, 2.75) is 37.7 Å². The number of rotatable bonds is 12. The number of carbonyl (C=O) groups is 2. The fourth-order valence-electron chi connectivity index (χ4n) is 3.36. The van der Waals surface area contributed by atoms with Crippen molar-refractivity contribution in [2.75, 3.05) is 0 Å². The summed E-state index contributed by atoms with van der Waals surface area (Å²) >= 11 is 0. The molecule has 0 aliphatic rings. The van der Waals surface area contributed by atoms with Crippen LogP contribution in [0.1, 0.15) is 23.1 Å². The molecule has 0 aliphatic carbocycles. The predicted molar refractivity (Wildman–Crippen MR) is 130 cm³/mol. The lowest BCUT2D eigenvalue weighted by molar-refractivity contribution is -0.145. The third-order valence-corrected chi connectivity index (χ3v) is 7.21. The van der Waals surface area contributed by atoms with Gasteiger partial charge in [-0.3, -0.25) is 0 Å². The van der Waals surface area contributed by atoms with Crippen LogP contribution in [0.4, 0.5) is 4.79 Å². The highest BCUT2D eigenvalue weighted by Crippen LogP contribution is 2.37. The number of alkyl carbamates (subject to hydrolysis) is 1. The summed E-state index contributed by atoms with van der Waals surface area (Å²) in [5.41, 5.74) is 2.55. The number of nitrogens with one attached hydrogen (secondary N) is 1. The summed E-state index contributed by atoms with van der Waals surface area (Å²) in [6, 6.07) is 27.7. The second-order valence-corrected chi connectivity index (χ2v) is 9.73. The van der Waals surface area contributed by atoms with Gasteiger partial charge in [0.05, 0.1) is 12.4 Å². The molecule has 0 spiro atoms. The number of aliphatic carboxylic acids is 1. The van der Waals surface area contributed by atoms with Crippen LogP contribution in [0.5, 0.6) is 0 Å². The van der Waals surface area contributed by atoms with Gasteiger partial charge in [-0.2, -0.15) is 0 Å². The molecule has 3 rings (SSSR count). The number of hydrogen-bond donors (Lipinski definition) is 2. The van der Waals surface area contributed by atoms with E-state index < -0.39 is 31.5 Å². The van der Waals surface area contributed by atoms with Crippen LogP contribution in [0.2, 0.25) is 0 Å². The van der Waals surface area contributed by atoms with Crippen LogP contribution in [0.15, 0.2) is 91.0 Å². The molecule has 0 bridgehead atoms. The molecule has 0 aromatic heterocycles. The van der Waals surface area contributed by atoms with Gasteiger partial charge in [-0.25, -0.2) is 9.59 Å². The average Bonchev–Trinajstić information content (AvgIpc) is 2.87. The van der Waals surface area contributed by atoms with Crippen LogP contribution in [0.3, 0.4) is 0 Å². The maximum atomic E-state index is 13.3. The van der Waals surface area contributed by atoms with E-state index in [1.807, 2.05) is 78.9 Å². The molecule has 178 valence electrons. The molecule has 8 heteroatoms. The molecule has 34 heavy (non-hydrogen) atoms. The summed E-state index contributed by atoms with van der Waals surface area (Å²) in [6.45, 7) is 0.0456. The van der Waals surface area contributed by atoms with Crippen molar-refractivity contribution in [3.8, 4) is 0 Å². The zero-order valence-corrected chi connectivity index (χ0v) is 19.6. The van der Waals surface area contributed by atoms with E-state index in [0.29, 0.717) is 6.42 Å². The normalized spacial score (nSPS) is 13.4. The Morgan fingerprint density at radius 3 is 1.82 bits per heavy atom. The van der Waals surface area contributed by atoms with Gasteiger partial charge in [0.1, 0.15) is 14.4 Å². The molecule has 3 aromatic rings. The van der Waals surface area contributed by atoms with Gasteiger partial charge in [-0.05, 0) is 29.5 Å². The molecular formula is C26H28NO6P. The summed E-state index contributed by atoms with van der Waals surface area (Å²) in [4.78, 5) is 24.4. The smallest absolute Gasteiger partial charge is 0.408 e. The average molecular weight is 481 g/mol. The van der Waals surface area contributed by atoms with Crippen LogP contribution in [-0.2, 0) is 38.5 Å². The summed E-state index contributed by atoms with van der Waals surface area (Å²) in [5, 5.41) is 12.3. The number of hydrogen-bond acceptors (Lipinski definition) is 5. The molecule has 0 saturated heterocycles. The monoisotopic (exact) mass is 481 g/mol. The van der Waals surface area contributed by atoms with Crippen LogP contribution in [0.25, 0.3) is 0 Å². The minimum Gasteiger partial charge on any atom is -0.479 e. The number of carbonyl (C=O) groups excluding carboxylic acids is 1. The first-order valence-corrected chi connectivity index (χ1v) is 12.5. The van der Waals surface area contributed by atoms with Gasteiger partial charge < -0.3 is 24.5 Å². The van der Waals surface area contributed by atoms with Gasteiger partial charge in [-0.1, -0.05) is 91.0 Å². The fourth-order valence-corrected chi connectivity index (χ4v) is 4.91. The number of aryl methyl sites for hydroxylation is 1. The van der Waals surface area contributed by atoms with E-state index in [1.54, 1.807) is 12.1 Å². The topological polar surface area (TPSA) is 102 Å². The Balaban J connectivity index is 1.68. The van der Waals surface area contributed by atoms with E-state index in [9.17, 15) is 19.3 Å². The zero-order valence-electron chi connectivity index (χ0n) is 18.6. The first-order valence-electron chi connectivity index (χ1n) is 11.0. The Kier molecular flexibility index (Phi) is 9.89. The minimum absolute atomic E-state index is 0.00191. The Morgan fingerprint density at radius 1 is 0.794 bits per heavy atom. The Bertz CT molecular complexity index is 1060. The molecular weight excluding hydrogens is 453 g/mol. The van der Waals surface area contributed by atoms with Gasteiger partial charge in [0.25, 0.3) is 0 Å². The molecule has 3 unspecified atom stereocenters. The largest absolute Gasteiger partial charge is 0.479 e. The number of benzene rings is 3. The lowest BCUT2D eigenvalue weighted by Crippen LogP contribution is -2.36. The Labute approximate surface area is 199 Å². The zero-order chi connectivity index (χ0) is 24.2. The van der Waals surface area contributed by atoms with E-state index in [1.165, 1.54) is 0 Å². The van der Waals surface area contributed by atoms with Gasteiger partial charge in [0.2, 0.25) is 5.85 Å². The molecule has 0 aliphatic heterocycles. The molecule has 0 fully saturated rings. The molecule has 0 saturated carbocycles. The molecule has 3 aromatic carbocycles. The second kappa shape index (κ2) is 13.3. The summed E-state index contributed by atoms with van der Waals surface area (Å²) in [6.07, 6.45) is 0.0274. The number of ether oxygens (including phenoxy) is 2. The van der Waals surface area contributed by atoms with E-state index in [4.69, 9.17) is 9.47 Å². The van der Waals surface area contributed by atoms with Crippen LogP contribution >= 0.6 is 7.80 Å². The van der Waals surface area contributed by atoms with Crippen molar-refractivity contribution in [1.82, 2.24) is 5.32 Å². The summed E-state index contributed by atoms with van der Waals surface area (Å²) in [5.74, 6) is -3.78. The fraction of sp³-hybridized carbons (Fsp3) is 0.231. The van der Waals surface area contributed by atoms with Crippen LogP contribution < -0.4 is 5.32 Å². The first kappa shape index (κ1) is 25.2. The predicted octanol–water partition coefficient (Wildman–Crippen LogP) is 5.06. The number of amides is 1. The number of carboxylic acids is 1. The molecule has 0 heterocycles. The minimum atomic E-state index is -2.97. The van der Waals surface area contributed by atoms with E-state index in [-0.39, 0.29) is 19.6 Å². The van der Waals surface area contributed by atoms with Gasteiger partial charge in [-0.15, -0.1) is 0 Å². The van der Waals surface area contributed by atoms with Crippen molar-refractivity contribution in [2.24, 2.45) is 0 Å². The quantitative estimate of drug-likeness (QED) is 0.351. The maximum absolute atomic E-state index is 13.3. The highest BCUT2D eigenvalue weighted by Gasteiger charge is 2.33. The van der Waals surface area contributed by atoms with Crippen molar-refractivity contribution in [1.29, 1.82) is 0 Å². The van der Waals surface area contributed by atoms with Gasteiger partial charge >= 0.3 is 12.1 Å². The molecule has 7 nitrogen and oxygen atoms in total. The lowest BCUT2D eigenvalue weighted by Gasteiger charge is -2.22. The third kappa shape index (κ3) is 8.18. The van der Waals surface area contributed by atoms with E-state index >= 15 is 0 Å². The Morgan fingerprint density at radius 2 is 1.29 bits per heavy atom. The van der Waals surface area contributed by atoms with Crippen LogP contribution in [0, 0.1) is 0 Å². The third-order valence-electron chi connectivity index (χ3n) is 5.15. The molecule has 3 atom stereocenters. The summed E-state index contributed by atoms with van der Waals surface area (Å²) < 4.78 is 24.2. The standard InChI is InChI=1S/C26H28NO6P/c28-24(29)25(32-18-21-12-6-2-7-13-21)34(31)23(17-16-20-10-4-1-5-11-20)27-26(30)33-19-22-14-8-3-9-15-22/h1-15,23,25,34H,16-19H2,(H,27,30)(H,28,29). The van der Waals surface area contributed by atoms with E-state index in [2.05, 4.69) is 5.32 Å². The van der Waals surface area contributed by atoms with Gasteiger partial charge in [0, 0.05) is 0 Å². The lowest BCUT2D eigenvalue weighted by atomic mass is 10.1. The summed E-state index contributed by atoms with van der Waals surface area (Å²) in [7, 11) is -2.97. The van der Waals surface area contributed by atoms with Crippen molar-refractivity contribution in [3.05, 3.63) is 108 Å². The second-order valence-electron chi connectivity index (χ2n) is 7.70. The highest BCUT2D eigenvalue weighted by atomic mass is 31.1. The van der Waals surface area contributed by atoms with Gasteiger partial charge in [0.15, 0.2) is 0 Å². The number of carboxylic acid groups (broad SMARTS) is 1. The SMILES string of the molecule is O=C(NC(CCc1ccccc1)[PH](=O)C(OCc1ccccc1)C(=O)O)OCc1ccccc1. The van der Waals surface area contributed by atoms with Crippen LogP contribution in [-0.4, -0.2) is 28.8 Å². The Hall–Kier alpha value is -3.41. The molecule has 1 amide bonds. The molecule has 2 N–H and O–H groups in total. The van der Waals surface area contributed by atoms with Crippen molar-refractivity contribution < 1.29 is 28.7 Å². The maximum Gasteiger partial charge on any atom is 0.408 e. The molecule has 0 radical (unpaired) electrons. The first-order chi connectivity index (χ1) is 16.5. The van der Waals surface area contributed by atoms with Crippen molar-refractivity contribution >= 4 is 19.9 Å². The highest BCUT2D eigenvalue weighted by molar-refractivity contribution is 7.47.